The number of carbonyl (C=O) groups excluding carboxylic acids is 1. The number of rotatable bonds is 4. The van der Waals surface area contributed by atoms with Crippen molar-refractivity contribution in [2.24, 2.45) is 0 Å². The summed E-state index contributed by atoms with van der Waals surface area (Å²) in [5.74, 6) is 1.21. The van der Waals surface area contributed by atoms with Gasteiger partial charge in [-0.3, -0.25) is 4.79 Å². The van der Waals surface area contributed by atoms with Crippen LogP contribution in [-0.4, -0.2) is 20.5 Å². The molecular formula is C15H13ClO3. The molecule has 2 rings (SSSR count). The van der Waals surface area contributed by atoms with Gasteiger partial charge in [0.25, 0.3) is 0 Å². The molecule has 0 N–H and O–H groups in total. The van der Waals surface area contributed by atoms with Gasteiger partial charge in [0.1, 0.15) is 0 Å². The van der Waals surface area contributed by atoms with E-state index in [1.165, 1.54) is 0 Å². The van der Waals surface area contributed by atoms with Gasteiger partial charge in [-0.05, 0) is 23.8 Å². The molecule has 0 saturated carbocycles. The lowest BCUT2D eigenvalue weighted by Gasteiger charge is -2.14. The molecule has 3 nitrogen and oxygen atoms in total. The zero-order valence-electron chi connectivity index (χ0n) is 10.6. The molecule has 0 aromatic heterocycles. The summed E-state index contributed by atoms with van der Waals surface area (Å²) in [6.45, 7) is 0. The van der Waals surface area contributed by atoms with E-state index < -0.39 is 0 Å². The lowest BCUT2D eigenvalue weighted by Crippen LogP contribution is -1.95. The lowest BCUT2D eigenvalue weighted by molar-refractivity contribution is 0.112. The van der Waals surface area contributed by atoms with Crippen molar-refractivity contribution >= 4 is 17.9 Å². The first kappa shape index (κ1) is 13.4. The Hall–Kier alpha value is -2.00. The number of para-hydroxylation sites is 1. The van der Waals surface area contributed by atoms with Gasteiger partial charge in [-0.2, -0.15) is 0 Å². The molecule has 0 fully saturated rings. The highest BCUT2D eigenvalue weighted by Gasteiger charge is 2.14. The van der Waals surface area contributed by atoms with Crippen LogP contribution < -0.4 is 9.47 Å². The van der Waals surface area contributed by atoms with E-state index in [2.05, 4.69) is 0 Å². The molecule has 0 radical (unpaired) electrons. The molecule has 0 heterocycles. The van der Waals surface area contributed by atoms with Crippen LogP contribution in [0.2, 0.25) is 5.02 Å². The molecule has 0 spiro atoms. The van der Waals surface area contributed by atoms with E-state index in [0.717, 1.165) is 17.4 Å². The maximum atomic E-state index is 11.2. The Morgan fingerprint density at radius 1 is 1.05 bits per heavy atom. The van der Waals surface area contributed by atoms with E-state index >= 15 is 0 Å². The third-order valence-electron chi connectivity index (χ3n) is 2.83. The van der Waals surface area contributed by atoms with Crippen LogP contribution in [0.4, 0.5) is 0 Å². The first-order valence-electron chi connectivity index (χ1n) is 5.67. The van der Waals surface area contributed by atoms with E-state index in [1.807, 2.05) is 12.1 Å². The second-order valence-corrected chi connectivity index (χ2v) is 4.33. The molecule has 19 heavy (non-hydrogen) atoms. The summed E-state index contributed by atoms with van der Waals surface area (Å²) in [4.78, 5) is 11.2. The molecule has 0 atom stereocenters. The molecule has 0 aliphatic rings. The number of benzene rings is 2. The minimum Gasteiger partial charge on any atom is -0.493 e. The van der Waals surface area contributed by atoms with Gasteiger partial charge in [0.05, 0.1) is 14.2 Å². The SMILES string of the molecule is COc1cccc(-c2ccc(Cl)cc2C=O)c1OC. The fourth-order valence-corrected chi connectivity index (χ4v) is 2.16. The van der Waals surface area contributed by atoms with Crippen LogP contribution >= 0.6 is 11.6 Å². The number of halogens is 1. The molecular weight excluding hydrogens is 264 g/mol. The van der Waals surface area contributed by atoms with Crippen molar-refractivity contribution in [3.8, 4) is 22.6 Å². The highest BCUT2D eigenvalue weighted by Crippen LogP contribution is 2.39. The van der Waals surface area contributed by atoms with Crippen LogP contribution in [0, 0.1) is 0 Å². The normalized spacial score (nSPS) is 10.1. The number of methoxy groups -OCH3 is 2. The Labute approximate surface area is 116 Å². The Morgan fingerprint density at radius 2 is 1.84 bits per heavy atom. The second kappa shape index (κ2) is 5.76. The standard InChI is InChI=1S/C15H13ClO3/c1-18-14-5-3-4-13(15(14)19-2)12-7-6-11(16)8-10(12)9-17/h3-9H,1-2H3. The van der Waals surface area contributed by atoms with Crippen molar-refractivity contribution in [2.75, 3.05) is 14.2 Å². The zero-order chi connectivity index (χ0) is 13.8. The Bertz CT molecular complexity index is 608. The highest BCUT2D eigenvalue weighted by atomic mass is 35.5. The molecule has 98 valence electrons. The lowest BCUT2D eigenvalue weighted by atomic mass is 9.99. The van der Waals surface area contributed by atoms with Gasteiger partial charge in [0.15, 0.2) is 17.8 Å². The predicted molar refractivity (Wildman–Crippen MR) is 75.4 cm³/mol. The first-order chi connectivity index (χ1) is 9.21. The van der Waals surface area contributed by atoms with Crippen molar-refractivity contribution in [3.63, 3.8) is 0 Å². The van der Waals surface area contributed by atoms with Crippen molar-refractivity contribution in [1.29, 1.82) is 0 Å². The van der Waals surface area contributed by atoms with Gasteiger partial charge in [-0.25, -0.2) is 0 Å². The maximum Gasteiger partial charge on any atom is 0.168 e. The number of aldehydes is 1. The van der Waals surface area contributed by atoms with E-state index in [9.17, 15) is 4.79 Å². The minimum atomic E-state index is 0.513. The van der Waals surface area contributed by atoms with Gasteiger partial charge in [-0.1, -0.05) is 29.8 Å². The van der Waals surface area contributed by atoms with Crippen LogP contribution in [0.25, 0.3) is 11.1 Å². The highest BCUT2D eigenvalue weighted by molar-refractivity contribution is 6.31. The molecule has 0 saturated heterocycles. The van der Waals surface area contributed by atoms with Crippen molar-refractivity contribution < 1.29 is 14.3 Å². The van der Waals surface area contributed by atoms with Crippen LogP contribution in [0.5, 0.6) is 11.5 Å². The monoisotopic (exact) mass is 276 g/mol. The third kappa shape index (κ3) is 2.56. The van der Waals surface area contributed by atoms with Crippen molar-refractivity contribution in [1.82, 2.24) is 0 Å². The van der Waals surface area contributed by atoms with Gasteiger partial charge in [0.2, 0.25) is 0 Å². The van der Waals surface area contributed by atoms with Crippen LogP contribution in [0.1, 0.15) is 10.4 Å². The predicted octanol–water partition coefficient (Wildman–Crippen LogP) is 3.84. The van der Waals surface area contributed by atoms with E-state index in [4.69, 9.17) is 21.1 Å². The Balaban J connectivity index is 2.68. The summed E-state index contributed by atoms with van der Waals surface area (Å²) in [7, 11) is 3.14. The quantitative estimate of drug-likeness (QED) is 0.796. The maximum absolute atomic E-state index is 11.2. The van der Waals surface area contributed by atoms with E-state index in [-0.39, 0.29) is 0 Å². The summed E-state index contributed by atoms with van der Waals surface area (Å²) in [6.07, 6.45) is 0.778. The average Bonchev–Trinajstić information content (AvgIpc) is 2.46. The summed E-state index contributed by atoms with van der Waals surface area (Å²) < 4.78 is 10.6. The summed E-state index contributed by atoms with van der Waals surface area (Å²) in [5, 5.41) is 0.521. The van der Waals surface area contributed by atoms with Crippen molar-refractivity contribution in [3.05, 3.63) is 47.0 Å². The third-order valence-corrected chi connectivity index (χ3v) is 3.07. The molecule has 4 heteroatoms. The topological polar surface area (TPSA) is 35.5 Å². The van der Waals surface area contributed by atoms with Crippen LogP contribution in [-0.2, 0) is 0 Å². The second-order valence-electron chi connectivity index (χ2n) is 3.89. The molecule has 2 aromatic rings. The summed E-state index contributed by atoms with van der Waals surface area (Å²) in [5.41, 5.74) is 2.06. The van der Waals surface area contributed by atoms with E-state index in [0.29, 0.717) is 22.1 Å². The first-order valence-corrected chi connectivity index (χ1v) is 6.05. The fourth-order valence-electron chi connectivity index (χ4n) is 1.98. The molecule has 0 amide bonds. The van der Waals surface area contributed by atoms with Gasteiger partial charge < -0.3 is 9.47 Å². The zero-order valence-corrected chi connectivity index (χ0v) is 11.4. The summed E-state index contributed by atoms with van der Waals surface area (Å²) >= 11 is 5.90. The van der Waals surface area contributed by atoms with Crippen LogP contribution in [0.3, 0.4) is 0 Å². The Kier molecular flexibility index (Phi) is 4.07. The van der Waals surface area contributed by atoms with Crippen molar-refractivity contribution in [2.45, 2.75) is 0 Å². The number of carbonyl (C=O) groups is 1. The molecule has 0 unspecified atom stereocenters. The average molecular weight is 277 g/mol. The van der Waals surface area contributed by atoms with Gasteiger partial charge >= 0.3 is 0 Å². The number of hydrogen-bond acceptors (Lipinski definition) is 3. The van der Waals surface area contributed by atoms with Crippen LogP contribution in [0.15, 0.2) is 36.4 Å². The van der Waals surface area contributed by atoms with Gasteiger partial charge in [-0.15, -0.1) is 0 Å². The number of hydrogen-bond donors (Lipinski definition) is 0. The van der Waals surface area contributed by atoms with E-state index in [1.54, 1.807) is 38.5 Å². The summed E-state index contributed by atoms with van der Waals surface area (Å²) in [6, 6.07) is 10.7. The molecule has 2 aromatic carbocycles. The Morgan fingerprint density at radius 3 is 2.47 bits per heavy atom. The largest absolute Gasteiger partial charge is 0.493 e. The number of ether oxygens (including phenoxy) is 2. The minimum absolute atomic E-state index is 0.513. The smallest absolute Gasteiger partial charge is 0.168 e. The fraction of sp³-hybridized carbons (Fsp3) is 0.133. The molecule has 0 aliphatic carbocycles. The molecule has 0 aliphatic heterocycles. The van der Waals surface area contributed by atoms with Gasteiger partial charge in [0, 0.05) is 16.1 Å². The molecule has 0 bridgehead atoms.